The summed E-state index contributed by atoms with van der Waals surface area (Å²) in [4.78, 5) is 12.2. The van der Waals surface area contributed by atoms with Crippen LogP contribution in [0.3, 0.4) is 0 Å². The minimum absolute atomic E-state index is 0.0219. The van der Waals surface area contributed by atoms with Crippen molar-refractivity contribution in [3.63, 3.8) is 0 Å². The summed E-state index contributed by atoms with van der Waals surface area (Å²) in [6.07, 6.45) is 4.62. The lowest BCUT2D eigenvalue weighted by atomic mass is 10.2. The van der Waals surface area contributed by atoms with Crippen molar-refractivity contribution in [2.75, 3.05) is 18.5 Å². The maximum Gasteiger partial charge on any atom is 0.148 e. The van der Waals surface area contributed by atoms with Gasteiger partial charge in [0.05, 0.1) is 25.0 Å². The van der Waals surface area contributed by atoms with Crippen LogP contribution in [0, 0.1) is 6.92 Å². The average Bonchev–Trinajstić information content (AvgIpc) is 2.46. The molecule has 6 nitrogen and oxygen atoms in total. The Hall–Kier alpha value is -1.92. The number of aliphatic hydroxyl groups excluding tert-OH is 1. The zero-order valence-electron chi connectivity index (χ0n) is 11.0. The van der Waals surface area contributed by atoms with Crippen molar-refractivity contribution in [2.24, 2.45) is 0 Å². The maximum absolute atomic E-state index is 8.79. The number of nitrogens with one attached hydrogen (secondary N) is 1. The first-order valence-corrected chi connectivity index (χ1v) is 6.47. The lowest BCUT2D eigenvalue weighted by molar-refractivity contribution is 0.200. The second-order valence-corrected chi connectivity index (χ2v) is 4.43. The zero-order chi connectivity index (χ0) is 14.4. The van der Waals surface area contributed by atoms with Gasteiger partial charge >= 0.3 is 0 Å². The fourth-order valence-electron chi connectivity index (χ4n) is 1.66. The number of hydrogen-bond acceptors (Lipinski definition) is 6. The zero-order valence-corrected chi connectivity index (χ0v) is 11.8. The van der Waals surface area contributed by atoms with Crippen LogP contribution in [0.5, 0.6) is 5.75 Å². The van der Waals surface area contributed by atoms with E-state index >= 15 is 0 Å². The molecule has 0 unspecified atom stereocenters. The third-order valence-electron chi connectivity index (χ3n) is 2.70. The van der Waals surface area contributed by atoms with Crippen LogP contribution < -0.4 is 10.1 Å². The van der Waals surface area contributed by atoms with Gasteiger partial charge in [0.25, 0.3) is 0 Å². The van der Waals surface area contributed by atoms with Gasteiger partial charge in [0.1, 0.15) is 29.5 Å². The highest BCUT2D eigenvalue weighted by atomic mass is 35.5. The molecule has 0 saturated heterocycles. The van der Waals surface area contributed by atoms with E-state index in [2.05, 4.69) is 20.3 Å². The van der Waals surface area contributed by atoms with Gasteiger partial charge in [0.2, 0.25) is 0 Å². The first kappa shape index (κ1) is 14.5. The standard InChI is InChI=1S/C13H15ClN4O2/c1-9-11(16-3-2-12(9)20-5-4-19)7-17-13-10(14)6-15-8-18-13/h2-3,6,8,19H,4-5,7H2,1H3,(H,15,17,18). The van der Waals surface area contributed by atoms with Crippen molar-refractivity contribution in [1.82, 2.24) is 15.0 Å². The molecule has 0 radical (unpaired) electrons. The molecule has 2 aromatic rings. The number of aliphatic hydroxyl groups is 1. The van der Waals surface area contributed by atoms with Gasteiger partial charge in [-0.1, -0.05) is 11.6 Å². The molecule has 0 amide bonds. The molecule has 0 fully saturated rings. The summed E-state index contributed by atoms with van der Waals surface area (Å²) in [5, 5.41) is 12.3. The van der Waals surface area contributed by atoms with Crippen LogP contribution in [-0.4, -0.2) is 33.3 Å². The number of nitrogens with zero attached hydrogens (tertiary/aromatic N) is 3. The Balaban J connectivity index is 2.08. The SMILES string of the molecule is Cc1c(OCCO)ccnc1CNc1ncncc1Cl. The fraction of sp³-hybridized carbons (Fsp3) is 0.308. The molecule has 2 rings (SSSR count). The van der Waals surface area contributed by atoms with Crippen LogP contribution in [0.4, 0.5) is 5.82 Å². The molecule has 0 aliphatic heterocycles. The van der Waals surface area contributed by atoms with Crippen molar-refractivity contribution >= 4 is 17.4 Å². The third kappa shape index (κ3) is 3.55. The van der Waals surface area contributed by atoms with Gasteiger partial charge in [-0.3, -0.25) is 4.98 Å². The second kappa shape index (κ2) is 7.02. The molecule has 2 N–H and O–H groups in total. The van der Waals surface area contributed by atoms with Crippen molar-refractivity contribution < 1.29 is 9.84 Å². The predicted molar refractivity (Wildman–Crippen MR) is 75.9 cm³/mol. The number of rotatable bonds is 6. The Morgan fingerprint density at radius 2 is 2.25 bits per heavy atom. The van der Waals surface area contributed by atoms with Crippen LogP contribution in [0.1, 0.15) is 11.3 Å². The minimum Gasteiger partial charge on any atom is -0.491 e. The summed E-state index contributed by atoms with van der Waals surface area (Å²) >= 11 is 5.97. The summed E-state index contributed by atoms with van der Waals surface area (Å²) in [6, 6.07) is 1.77. The molecule has 0 spiro atoms. The molecule has 106 valence electrons. The van der Waals surface area contributed by atoms with Gasteiger partial charge in [0, 0.05) is 11.8 Å². The van der Waals surface area contributed by atoms with E-state index in [4.69, 9.17) is 21.4 Å². The van der Waals surface area contributed by atoms with Gasteiger partial charge in [-0.05, 0) is 13.0 Å². The molecule has 7 heteroatoms. The largest absolute Gasteiger partial charge is 0.491 e. The Morgan fingerprint density at radius 3 is 3.00 bits per heavy atom. The number of aromatic nitrogens is 3. The van der Waals surface area contributed by atoms with Gasteiger partial charge in [-0.25, -0.2) is 9.97 Å². The Labute approximate surface area is 121 Å². The van der Waals surface area contributed by atoms with Crippen LogP contribution in [0.2, 0.25) is 5.02 Å². The van der Waals surface area contributed by atoms with E-state index in [9.17, 15) is 0 Å². The quantitative estimate of drug-likeness (QED) is 0.846. The molecular formula is C13H15ClN4O2. The molecule has 0 saturated carbocycles. The smallest absolute Gasteiger partial charge is 0.148 e. The summed E-state index contributed by atoms with van der Waals surface area (Å²) < 4.78 is 5.43. The molecule has 2 aromatic heterocycles. The summed E-state index contributed by atoms with van der Waals surface area (Å²) in [6.45, 7) is 2.62. The Morgan fingerprint density at radius 1 is 1.40 bits per heavy atom. The highest BCUT2D eigenvalue weighted by Crippen LogP contribution is 2.21. The van der Waals surface area contributed by atoms with Gasteiger partial charge < -0.3 is 15.2 Å². The van der Waals surface area contributed by atoms with Crippen molar-refractivity contribution in [3.05, 3.63) is 41.1 Å². The first-order chi connectivity index (χ1) is 9.72. The Kier molecular flexibility index (Phi) is 5.09. The van der Waals surface area contributed by atoms with Crippen molar-refractivity contribution in [2.45, 2.75) is 13.5 Å². The number of halogens is 1. The molecule has 20 heavy (non-hydrogen) atoms. The number of hydrogen-bond donors (Lipinski definition) is 2. The number of pyridine rings is 1. The third-order valence-corrected chi connectivity index (χ3v) is 2.98. The lowest BCUT2D eigenvalue weighted by Gasteiger charge is -2.12. The highest BCUT2D eigenvalue weighted by Gasteiger charge is 2.08. The molecular weight excluding hydrogens is 280 g/mol. The topological polar surface area (TPSA) is 80.2 Å². The maximum atomic E-state index is 8.79. The van der Waals surface area contributed by atoms with Crippen LogP contribution >= 0.6 is 11.6 Å². The Bertz CT molecular complexity index is 580. The van der Waals surface area contributed by atoms with Crippen molar-refractivity contribution in [3.8, 4) is 5.75 Å². The molecule has 2 heterocycles. The number of ether oxygens (including phenoxy) is 1. The van der Waals surface area contributed by atoms with Crippen molar-refractivity contribution in [1.29, 1.82) is 0 Å². The summed E-state index contributed by atoms with van der Waals surface area (Å²) in [7, 11) is 0. The van der Waals surface area contributed by atoms with E-state index in [1.165, 1.54) is 12.5 Å². The normalized spacial score (nSPS) is 10.3. The van der Waals surface area contributed by atoms with E-state index in [0.717, 1.165) is 11.3 Å². The summed E-state index contributed by atoms with van der Waals surface area (Å²) in [5.74, 6) is 1.27. The van der Waals surface area contributed by atoms with E-state index < -0.39 is 0 Å². The van der Waals surface area contributed by atoms with Gasteiger partial charge in [-0.2, -0.15) is 0 Å². The van der Waals surface area contributed by atoms with Crippen LogP contribution in [0.25, 0.3) is 0 Å². The highest BCUT2D eigenvalue weighted by molar-refractivity contribution is 6.32. The van der Waals surface area contributed by atoms with Crippen LogP contribution in [-0.2, 0) is 6.54 Å². The molecule has 0 aliphatic rings. The average molecular weight is 295 g/mol. The number of anilines is 1. The van der Waals surface area contributed by atoms with Crippen LogP contribution in [0.15, 0.2) is 24.8 Å². The van der Waals surface area contributed by atoms with E-state index in [1.54, 1.807) is 12.3 Å². The second-order valence-electron chi connectivity index (χ2n) is 4.03. The van der Waals surface area contributed by atoms with Gasteiger partial charge in [0.15, 0.2) is 0 Å². The molecule has 0 aliphatic carbocycles. The van der Waals surface area contributed by atoms with E-state index in [-0.39, 0.29) is 13.2 Å². The van der Waals surface area contributed by atoms with Gasteiger partial charge in [-0.15, -0.1) is 0 Å². The monoisotopic (exact) mass is 294 g/mol. The fourth-order valence-corrected chi connectivity index (χ4v) is 1.83. The molecule has 0 atom stereocenters. The van der Waals surface area contributed by atoms with E-state index in [1.807, 2.05) is 6.92 Å². The van der Waals surface area contributed by atoms with E-state index in [0.29, 0.717) is 23.1 Å². The predicted octanol–water partition coefficient (Wildman–Crippen LogP) is 1.82. The lowest BCUT2D eigenvalue weighted by Crippen LogP contribution is -2.08. The molecule has 0 bridgehead atoms. The minimum atomic E-state index is -0.0219. The summed E-state index contributed by atoms with van der Waals surface area (Å²) in [5.41, 5.74) is 1.74. The first-order valence-electron chi connectivity index (χ1n) is 6.10. The molecule has 0 aromatic carbocycles.